The van der Waals surface area contributed by atoms with Crippen LogP contribution in [-0.4, -0.2) is 17.6 Å². The molecule has 0 aliphatic heterocycles. The Labute approximate surface area is 92.1 Å². The molecule has 1 N–H and O–H groups in total. The van der Waals surface area contributed by atoms with Gasteiger partial charge in [0.05, 0.1) is 0 Å². The summed E-state index contributed by atoms with van der Waals surface area (Å²) in [6, 6.07) is 4.81. The van der Waals surface area contributed by atoms with E-state index < -0.39 is 0 Å². The van der Waals surface area contributed by atoms with E-state index in [1.807, 2.05) is 18.5 Å². The molecular weight excluding hydrogens is 184 g/mol. The van der Waals surface area contributed by atoms with Gasteiger partial charge in [-0.25, -0.2) is 0 Å². The highest BCUT2D eigenvalue weighted by Crippen LogP contribution is 2.48. The molecule has 0 spiro atoms. The fourth-order valence-corrected chi connectivity index (χ4v) is 2.11. The predicted octanol–water partition coefficient (Wildman–Crippen LogP) is 2.40. The van der Waals surface area contributed by atoms with Crippen molar-refractivity contribution in [2.75, 3.05) is 6.54 Å². The Morgan fingerprint density at radius 3 is 2.87 bits per heavy atom. The SMILES string of the molecule is CCNC(Cc1cccnc1)C1(C)CC1. The quantitative estimate of drug-likeness (QED) is 0.796. The number of hydrogen-bond donors (Lipinski definition) is 1. The van der Waals surface area contributed by atoms with Gasteiger partial charge in [-0.2, -0.15) is 0 Å². The molecule has 1 fully saturated rings. The molecule has 0 saturated heterocycles. The van der Waals surface area contributed by atoms with Crippen molar-refractivity contribution in [2.24, 2.45) is 5.41 Å². The molecule has 0 amide bonds. The average molecular weight is 204 g/mol. The van der Waals surface area contributed by atoms with Crippen molar-refractivity contribution in [1.82, 2.24) is 10.3 Å². The molecule has 1 aromatic heterocycles. The highest BCUT2D eigenvalue weighted by molar-refractivity contribution is 5.13. The predicted molar refractivity (Wildman–Crippen MR) is 62.7 cm³/mol. The lowest BCUT2D eigenvalue weighted by atomic mass is 9.93. The van der Waals surface area contributed by atoms with Gasteiger partial charge in [0.25, 0.3) is 0 Å². The van der Waals surface area contributed by atoms with Crippen LogP contribution in [0.4, 0.5) is 0 Å². The van der Waals surface area contributed by atoms with Crippen LogP contribution in [0.3, 0.4) is 0 Å². The van der Waals surface area contributed by atoms with Crippen LogP contribution < -0.4 is 5.32 Å². The van der Waals surface area contributed by atoms with Crippen molar-refractivity contribution in [1.29, 1.82) is 0 Å². The Bertz CT molecular complexity index is 304. The van der Waals surface area contributed by atoms with Crippen LogP contribution >= 0.6 is 0 Å². The normalized spacial score (nSPS) is 19.9. The second kappa shape index (κ2) is 4.31. The molecule has 0 bridgehead atoms. The molecule has 1 unspecified atom stereocenters. The summed E-state index contributed by atoms with van der Waals surface area (Å²) >= 11 is 0. The van der Waals surface area contributed by atoms with Crippen molar-refractivity contribution in [2.45, 2.75) is 39.2 Å². The number of aromatic nitrogens is 1. The maximum absolute atomic E-state index is 4.17. The second-order valence-electron chi connectivity index (χ2n) is 4.83. The van der Waals surface area contributed by atoms with Crippen LogP contribution in [0.1, 0.15) is 32.3 Å². The van der Waals surface area contributed by atoms with Gasteiger partial charge in [-0.1, -0.05) is 19.9 Å². The van der Waals surface area contributed by atoms with Gasteiger partial charge in [0.15, 0.2) is 0 Å². The number of likely N-dealkylation sites (N-methyl/N-ethyl adjacent to an activating group) is 1. The molecule has 1 heterocycles. The van der Waals surface area contributed by atoms with Gasteiger partial charge in [0.1, 0.15) is 0 Å². The number of nitrogens with zero attached hydrogens (tertiary/aromatic N) is 1. The van der Waals surface area contributed by atoms with Crippen molar-refractivity contribution < 1.29 is 0 Å². The number of pyridine rings is 1. The lowest BCUT2D eigenvalue weighted by Crippen LogP contribution is -2.38. The van der Waals surface area contributed by atoms with Crippen molar-refractivity contribution in [3.05, 3.63) is 30.1 Å². The summed E-state index contributed by atoms with van der Waals surface area (Å²) in [5.74, 6) is 0. The maximum atomic E-state index is 4.17. The van der Waals surface area contributed by atoms with Gasteiger partial charge in [-0.15, -0.1) is 0 Å². The van der Waals surface area contributed by atoms with Crippen LogP contribution in [0.25, 0.3) is 0 Å². The van der Waals surface area contributed by atoms with Gasteiger partial charge in [-0.3, -0.25) is 4.98 Å². The Morgan fingerprint density at radius 1 is 1.53 bits per heavy atom. The van der Waals surface area contributed by atoms with E-state index in [0.717, 1.165) is 13.0 Å². The minimum Gasteiger partial charge on any atom is -0.313 e. The minimum atomic E-state index is 0.534. The molecule has 15 heavy (non-hydrogen) atoms. The van der Waals surface area contributed by atoms with E-state index in [9.17, 15) is 0 Å². The molecule has 1 aromatic rings. The third-order valence-corrected chi connectivity index (χ3v) is 3.49. The molecule has 1 atom stereocenters. The first kappa shape index (κ1) is 10.6. The minimum absolute atomic E-state index is 0.534. The lowest BCUT2D eigenvalue weighted by Gasteiger charge is -2.24. The van der Waals surface area contributed by atoms with E-state index in [1.165, 1.54) is 18.4 Å². The molecule has 0 aromatic carbocycles. The first-order valence-electron chi connectivity index (χ1n) is 5.87. The standard InChI is InChI=1S/C13H20N2/c1-3-15-12(13(2)6-7-13)9-11-5-4-8-14-10-11/h4-5,8,10,12,15H,3,6-7,9H2,1-2H3. The van der Waals surface area contributed by atoms with E-state index in [-0.39, 0.29) is 0 Å². The summed E-state index contributed by atoms with van der Waals surface area (Å²) in [6.07, 6.45) is 7.66. The average Bonchev–Trinajstić information content (AvgIpc) is 2.99. The lowest BCUT2D eigenvalue weighted by molar-refractivity contribution is 0.360. The molecular formula is C13H20N2. The first-order valence-corrected chi connectivity index (χ1v) is 5.87. The van der Waals surface area contributed by atoms with Gasteiger partial charge in [0, 0.05) is 18.4 Å². The molecule has 1 saturated carbocycles. The Morgan fingerprint density at radius 2 is 2.33 bits per heavy atom. The van der Waals surface area contributed by atoms with E-state index in [2.05, 4.69) is 30.2 Å². The van der Waals surface area contributed by atoms with Crippen molar-refractivity contribution >= 4 is 0 Å². The number of hydrogen-bond acceptors (Lipinski definition) is 2. The van der Waals surface area contributed by atoms with E-state index >= 15 is 0 Å². The summed E-state index contributed by atoms with van der Waals surface area (Å²) in [5, 5.41) is 3.61. The zero-order chi connectivity index (χ0) is 10.7. The topological polar surface area (TPSA) is 24.9 Å². The molecule has 82 valence electrons. The van der Waals surface area contributed by atoms with Crippen LogP contribution in [0.15, 0.2) is 24.5 Å². The number of nitrogens with one attached hydrogen (secondary N) is 1. The van der Waals surface area contributed by atoms with Gasteiger partial charge in [-0.05, 0) is 42.9 Å². The third-order valence-electron chi connectivity index (χ3n) is 3.49. The molecule has 2 rings (SSSR count). The smallest absolute Gasteiger partial charge is 0.0300 e. The molecule has 2 heteroatoms. The zero-order valence-corrected chi connectivity index (χ0v) is 9.66. The zero-order valence-electron chi connectivity index (χ0n) is 9.66. The fourth-order valence-electron chi connectivity index (χ4n) is 2.11. The summed E-state index contributed by atoms with van der Waals surface area (Å²) in [5.41, 5.74) is 1.88. The highest BCUT2D eigenvalue weighted by atomic mass is 14.9. The second-order valence-corrected chi connectivity index (χ2v) is 4.83. The largest absolute Gasteiger partial charge is 0.313 e. The Balaban J connectivity index is 2.01. The monoisotopic (exact) mass is 204 g/mol. The first-order chi connectivity index (χ1) is 7.24. The number of rotatable bonds is 5. The summed E-state index contributed by atoms with van der Waals surface area (Å²) < 4.78 is 0. The maximum Gasteiger partial charge on any atom is 0.0300 e. The van der Waals surface area contributed by atoms with Crippen LogP contribution in [-0.2, 0) is 6.42 Å². The molecule has 1 aliphatic carbocycles. The summed E-state index contributed by atoms with van der Waals surface area (Å²) in [4.78, 5) is 4.17. The Kier molecular flexibility index (Phi) is 3.06. The van der Waals surface area contributed by atoms with Gasteiger partial charge in [0.2, 0.25) is 0 Å². The molecule has 1 aliphatic rings. The van der Waals surface area contributed by atoms with Crippen LogP contribution in [0, 0.1) is 5.41 Å². The van der Waals surface area contributed by atoms with E-state index in [4.69, 9.17) is 0 Å². The van der Waals surface area contributed by atoms with E-state index in [1.54, 1.807) is 0 Å². The third kappa shape index (κ3) is 2.57. The van der Waals surface area contributed by atoms with Crippen molar-refractivity contribution in [3.8, 4) is 0 Å². The highest BCUT2D eigenvalue weighted by Gasteiger charge is 2.44. The molecule has 2 nitrogen and oxygen atoms in total. The van der Waals surface area contributed by atoms with E-state index in [0.29, 0.717) is 11.5 Å². The summed E-state index contributed by atoms with van der Waals surface area (Å²) in [6.45, 7) is 5.62. The fraction of sp³-hybridized carbons (Fsp3) is 0.615. The summed E-state index contributed by atoms with van der Waals surface area (Å²) in [7, 11) is 0. The van der Waals surface area contributed by atoms with Gasteiger partial charge < -0.3 is 5.32 Å². The van der Waals surface area contributed by atoms with Crippen LogP contribution in [0.2, 0.25) is 0 Å². The molecule has 0 radical (unpaired) electrons. The van der Waals surface area contributed by atoms with Crippen LogP contribution in [0.5, 0.6) is 0 Å². The van der Waals surface area contributed by atoms with Gasteiger partial charge >= 0.3 is 0 Å². The Hall–Kier alpha value is -0.890. The van der Waals surface area contributed by atoms with Crippen molar-refractivity contribution in [3.63, 3.8) is 0 Å².